The van der Waals surface area contributed by atoms with Gasteiger partial charge in [-0.1, -0.05) is 12.1 Å². The Morgan fingerprint density at radius 2 is 1.86 bits per heavy atom. The Kier molecular flexibility index (Phi) is 7.67. The lowest BCUT2D eigenvalue weighted by molar-refractivity contribution is -0.190. The maximum absolute atomic E-state index is 13.1. The molecule has 7 nitrogen and oxygen atoms in total. The van der Waals surface area contributed by atoms with Gasteiger partial charge in [0.2, 0.25) is 0 Å². The van der Waals surface area contributed by atoms with Gasteiger partial charge in [0, 0.05) is 11.0 Å². The van der Waals surface area contributed by atoms with E-state index in [-0.39, 0.29) is 4.21 Å². The molecule has 1 aromatic heterocycles. The maximum atomic E-state index is 13.1. The molecule has 0 N–H and O–H groups in total. The minimum absolute atomic E-state index is 0.0650. The van der Waals surface area contributed by atoms with Gasteiger partial charge in [-0.25, -0.2) is 8.42 Å². The van der Waals surface area contributed by atoms with E-state index >= 15 is 0 Å². The highest BCUT2D eigenvalue weighted by Crippen LogP contribution is 2.42. The molecule has 3 rings (SSSR count). The lowest BCUT2D eigenvalue weighted by Gasteiger charge is -2.24. The molecule has 13 heteroatoms. The van der Waals surface area contributed by atoms with Crippen molar-refractivity contribution in [2.75, 3.05) is 19.0 Å². The molecule has 0 amide bonds. The molecule has 0 aliphatic carbocycles. The fourth-order valence-electron chi connectivity index (χ4n) is 3.07. The molecular formula is C22H18F3NO6PS2-. The number of aryl methyl sites for hydroxylation is 1. The van der Waals surface area contributed by atoms with E-state index in [0.29, 0.717) is 16.7 Å². The summed E-state index contributed by atoms with van der Waals surface area (Å²) < 4.78 is 86.9. The van der Waals surface area contributed by atoms with Gasteiger partial charge >= 0.3 is 6.18 Å². The summed E-state index contributed by atoms with van der Waals surface area (Å²) in [5.41, 5.74) is -0.439. The van der Waals surface area contributed by atoms with Gasteiger partial charge in [0.25, 0.3) is 0 Å². The molecule has 1 atom stereocenters. The molecule has 1 heterocycles. The lowest BCUT2D eigenvalue weighted by atomic mass is 10.1. The van der Waals surface area contributed by atoms with Crippen molar-refractivity contribution in [2.24, 2.45) is 0 Å². The predicted molar refractivity (Wildman–Crippen MR) is 122 cm³/mol. The first-order valence-electron chi connectivity index (χ1n) is 9.84. The molecule has 186 valence electrons. The van der Waals surface area contributed by atoms with Gasteiger partial charge in [0.05, 0.1) is 30.1 Å². The highest BCUT2D eigenvalue weighted by Gasteiger charge is 2.34. The number of benzene rings is 2. The van der Waals surface area contributed by atoms with Gasteiger partial charge in [-0.2, -0.15) is 18.4 Å². The van der Waals surface area contributed by atoms with E-state index < -0.39 is 52.4 Å². The number of methoxy groups -OCH3 is 1. The van der Waals surface area contributed by atoms with Crippen molar-refractivity contribution in [1.82, 2.24) is 0 Å². The van der Waals surface area contributed by atoms with Crippen molar-refractivity contribution in [1.29, 1.82) is 5.26 Å². The Morgan fingerprint density at radius 3 is 2.49 bits per heavy atom. The van der Waals surface area contributed by atoms with E-state index in [2.05, 4.69) is 0 Å². The zero-order chi connectivity index (χ0) is 26.0. The van der Waals surface area contributed by atoms with Crippen LogP contribution < -0.4 is 14.2 Å². The number of rotatable bonds is 8. The van der Waals surface area contributed by atoms with Crippen LogP contribution in [0, 0.1) is 18.3 Å². The Bertz CT molecular complexity index is 1440. The van der Waals surface area contributed by atoms with Gasteiger partial charge in [0.15, 0.2) is 17.4 Å². The zero-order valence-corrected chi connectivity index (χ0v) is 20.9. The van der Waals surface area contributed by atoms with Crippen LogP contribution in [0.4, 0.5) is 13.2 Å². The lowest BCUT2D eigenvalue weighted by Crippen LogP contribution is -2.18. The number of nitrogens with zero attached hydrogens (tertiary/aromatic N) is 1. The molecule has 0 radical (unpaired) electrons. The molecule has 35 heavy (non-hydrogen) atoms. The molecule has 0 spiro atoms. The number of thiophene rings is 1. The standard InChI is InChI=1S/C22H19F3NO6PS2/c1-14-3-4-15(11-19(14)31-2)20-7-8-21(34-20)35(29,30)10-9-33(27,28)32-17-6-5-16(13-26)18(12-17)22(23,24)25/h3-8,11-12H,9-10H2,1-2H3,(H,27,28)/p-1. The van der Waals surface area contributed by atoms with Crippen molar-refractivity contribution in [3.05, 3.63) is 65.2 Å². The Hall–Kier alpha value is -2.84. The van der Waals surface area contributed by atoms with Gasteiger partial charge in [-0.15, -0.1) is 11.3 Å². The summed E-state index contributed by atoms with van der Waals surface area (Å²) in [6.45, 7) is 1.86. The fourth-order valence-corrected chi connectivity index (χ4v) is 7.69. The summed E-state index contributed by atoms with van der Waals surface area (Å²) in [6.07, 6.45) is -5.86. The Labute approximate surface area is 203 Å². The third kappa shape index (κ3) is 6.44. The second-order valence-electron chi connectivity index (χ2n) is 7.36. The molecule has 0 saturated heterocycles. The van der Waals surface area contributed by atoms with Crippen LogP contribution in [-0.2, 0) is 20.6 Å². The first kappa shape index (κ1) is 26.8. The van der Waals surface area contributed by atoms with E-state index in [1.54, 1.807) is 18.2 Å². The van der Waals surface area contributed by atoms with Crippen molar-refractivity contribution in [3.63, 3.8) is 0 Å². The molecule has 2 aromatic carbocycles. The maximum Gasteiger partial charge on any atom is 0.417 e. The Morgan fingerprint density at radius 1 is 1.14 bits per heavy atom. The highest BCUT2D eigenvalue weighted by atomic mass is 32.2. The van der Waals surface area contributed by atoms with Crippen LogP contribution in [0.1, 0.15) is 16.7 Å². The average molecular weight is 544 g/mol. The third-order valence-corrected chi connectivity index (χ3v) is 9.87. The molecule has 3 aromatic rings. The third-order valence-electron chi connectivity index (χ3n) is 4.88. The van der Waals surface area contributed by atoms with Crippen LogP contribution >= 0.6 is 18.9 Å². The molecule has 0 fully saturated rings. The number of nitriles is 1. The number of hydrogen-bond acceptors (Lipinski definition) is 8. The highest BCUT2D eigenvalue weighted by molar-refractivity contribution is 7.93. The van der Waals surface area contributed by atoms with Crippen LogP contribution in [0.25, 0.3) is 10.4 Å². The average Bonchev–Trinajstić information content (AvgIpc) is 3.29. The molecule has 0 bridgehead atoms. The number of alkyl halides is 3. The molecule has 1 unspecified atom stereocenters. The van der Waals surface area contributed by atoms with E-state index in [1.807, 2.05) is 13.0 Å². The largest absolute Gasteiger partial charge is 0.769 e. The number of halogens is 3. The van der Waals surface area contributed by atoms with Crippen molar-refractivity contribution in [2.45, 2.75) is 17.3 Å². The van der Waals surface area contributed by atoms with E-state index in [0.717, 1.165) is 34.6 Å². The fraction of sp³-hybridized carbons (Fsp3) is 0.227. The molecule has 0 saturated carbocycles. The summed E-state index contributed by atoms with van der Waals surface area (Å²) in [7, 11) is -7.40. The van der Waals surface area contributed by atoms with Crippen molar-refractivity contribution >= 4 is 28.8 Å². The number of hydrogen-bond donors (Lipinski definition) is 0. The van der Waals surface area contributed by atoms with Gasteiger partial charge in [-0.05, 0) is 54.4 Å². The van der Waals surface area contributed by atoms with Crippen LogP contribution in [0.2, 0.25) is 0 Å². The first-order chi connectivity index (χ1) is 16.3. The Balaban J connectivity index is 1.75. The molecule has 0 aliphatic rings. The van der Waals surface area contributed by atoms with Crippen LogP contribution in [-0.4, -0.2) is 27.4 Å². The van der Waals surface area contributed by atoms with Crippen LogP contribution in [0.15, 0.2) is 52.7 Å². The SMILES string of the molecule is COc1cc(-c2ccc(S(=O)(=O)CCP(=O)([O-])Oc3ccc(C#N)c(C(F)(F)F)c3)s2)ccc1C. The van der Waals surface area contributed by atoms with Gasteiger partial charge in [-0.3, -0.25) is 4.57 Å². The minimum atomic E-state index is -4.90. The topological polar surface area (TPSA) is 117 Å². The van der Waals surface area contributed by atoms with E-state index in [4.69, 9.17) is 14.5 Å². The zero-order valence-electron chi connectivity index (χ0n) is 18.3. The van der Waals surface area contributed by atoms with Crippen molar-refractivity contribution in [3.8, 4) is 28.0 Å². The van der Waals surface area contributed by atoms with Gasteiger partial charge < -0.3 is 14.2 Å². The van der Waals surface area contributed by atoms with Crippen LogP contribution in [0.3, 0.4) is 0 Å². The summed E-state index contributed by atoms with van der Waals surface area (Å²) in [5, 5.41) is 8.82. The summed E-state index contributed by atoms with van der Waals surface area (Å²) in [6, 6.07) is 11.8. The van der Waals surface area contributed by atoms with Crippen molar-refractivity contribution < 1.29 is 40.3 Å². The first-order valence-corrected chi connectivity index (χ1v) is 14.0. The van der Waals surface area contributed by atoms with E-state index in [9.17, 15) is 31.0 Å². The van der Waals surface area contributed by atoms with Crippen LogP contribution in [0.5, 0.6) is 11.5 Å². The number of sulfone groups is 1. The molecule has 0 aliphatic heterocycles. The summed E-state index contributed by atoms with van der Waals surface area (Å²) in [4.78, 5) is 12.9. The second kappa shape index (κ2) is 10.0. The van der Waals surface area contributed by atoms with E-state index in [1.165, 1.54) is 19.2 Å². The van der Waals surface area contributed by atoms with Gasteiger partial charge in [0.1, 0.15) is 15.7 Å². The summed E-state index contributed by atoms with van der Waals surface area (Å²) >= 11 is 0.950. The second-order valence-corrected chi connectivity index (χ2v) is 12.6. The normalized spacial score (nSPS) is 13.6. The quantitative estimate of drug-likeness (QED) is 0.365. The molecular weight excluding hydrogens is 526 g/mol. The minimum Gasteiger partial charge on any atom is -0.769 e. The smallest absolute Gasteiger partial charge is 0.417 e. The monoisotopic (exact) mass is 544 g/mol. The summed E-state index contributed by atoms with van der Waals surface area (Å²) in [5.74, 6) is -0.868. The predicted octanol–water partition coefficient (Wildman–Crippen LogP) is 5.03. The number of ether oxygens (including phenoxy) is 1.